The Morgan fingerprint density at radius 2 is 1.92 bits per heavy atom. The van der Waals surface area contributed by atoms with Gasteiger partial charge in [-0.15, -0.1) is 0 Å². The molecule has 194 valence electrons. The van der Waals surface area contributed by atoms with Crippen LogP contribution in [0, 0.1) is 11.3 Å². The van der Waals surface area contributed by atoms with Gasteiger partial charge in [0, 0.05) is 50.3 Å². The number of aromatic nitrogens is 1. The monoisotopic (exact) mass is 531 g/mol. The second-order valence-corrected chi connectivity index (χ2v) is 9.58. The number of nitrogens with zero attached hydrogens (tertiary/aromatic N) is 3. The third-order valence-corrected chi connectivity index (χ3v) is 6.75. The summed E-state index contributed by atoms with van der Waals surface area (Å²) in [5.41, 5.74) is 3.97. The lowest BCUT2D eigenvalue weighted by atomic mass is 10.0. The van der Waals surface area contributed by atoms with Crippen molar-refractivity contribution in [3.8, 4) is 40.0 Å². The summed E-state index contributed by atoms with van der Waals surface area (Å²) in [6.07, 6.45) is 3.14. The van der Waals surface area contributed by atoms with E-state index in [1.807, 2.05) is 6.07 Å². The van der Waals surface area contributed by atoms with Crippen LogP contribution >= 0.6 is 11.6 Å². The van der Waals surface area contributed by atoms with E-state index in [1.165, 1.54) is 4.90 Å². The average Bonchev–Trinajstić information content (AvgIpc) is 3.37. The molecule has 38 heavy (non-hydrogen) atoms. The maximum Gasteiger partial charge on any atom is 0.253 e. The minimum absolute atomic E-state index is 0.0138. The normalized spacial score (nSPS) is 13.8. The zero-order valence-corrected chi connectivity index (χ0v) is 22.0. The van der Waals surface area contributed by atoms with Crippen LogP contribution in [0.25, 0.3) is 33.6 Å². The highest BCUT2D eigenvalue weighted by atomic mass is 35.5. The molecule has 1 fully saturated rings. The third-order valence-electron chi connectivity index (χ3n) is 6.47. The summed E-state index contributed by atoms with van der Waals surface area (Å²) >= 11 is 6.61. The smallest absolute Gasteiger partial charge is 0.253 e. The first-order valence-electron chi connectivity index (χ1n) is 12.2. The predicted octanol–water partition coefficient (Wildman–Crippen LogP) is 5.96. The van der Waals surface area contributed by atoms with Crippen LogP contribution in [0.1, 0.15) is 28.8 Å². The number of hydrogen-bond acceptors (Lipinski definition) is 7. The van der Waals surface area contributed by atoms with Gasteiger partial charge < -0.3 is 23.5 Å². The second-order valence-electron chi connectivity index (χ2n) is 9.17. The number of nitriles is 1. The first-order valence-corrected chi connectivity index (χ1v) is 12.5. The molecule has 8 nitrogen and oxygen atoms in total. The maximum atomic E-state index is 12.4. The standard InChI is InChI=1S/C29H26ClN3O5/c1-33(2)29(34)18-4-6-21(25(13-18)35-3)26-14-23-28(38-26)27(22(30)16-32-23)17-5-7-24(19(12-17)15-31)37-20-8-10-36-11-9-20/h4-7,12-14,16,20H,8-11H2,1-3H3. The van der Waals surface area contributed by atoms with Gasteiger partial charge in [0.2, 0.25) is 0 Å². The van der Waals surface area contributed by atoms with Crippen LogP contribution in [0.4, 0.5) is 0 Å². The second kappa shape index (κ2) is 10.7. The zero-order valence-electron chi connectivity index (χ0n) is 21.3. The number of fused-ring (bicyclic) bond motifs is 1. The Bertz CT molecular complexity index is 1550. The van der Waals surface area contributed by atoms with Gasteiger partial charge in [0.05, 0.1) is 36.5 Å². The first kappa shape index (κ1) is 25.6. The lowest BCUT2D eigenvalue weighted by Crippen LogP contribution is -2.26. The molecular formula is C29H26ClN3O5. The highest BCUT2D eigenvalue weighted by Gasteiger charge is 2.21. The van der Waals surface area contributed by atoms with Crippen LogP contribution in [-0.2, 0) is 4.74 Å². The van der Waals surface area contributed by atoms with Crippen molar-refractivity contribution in [3.63, 3.8) is 0 Å². The molecule has 1 aliphatic rings. The molecule has 0 radical (unpaired) electrons. The summed E-state index contributed by atoms with van der Waals surface area (Å²) in [5.74, 6) is 1.40. The quantitative estimate of drug-likeness (QED) is 0.303. The van der Waals surface area contributed by atoms with Gasteiger partial charge in [0.1, 0.15) is 34.9 Å². The van der Waals surface area contributed by atoms with E-state index >= 15 is 0 Å². The molecule has 2 aromatic heterocycles. The Kier molecular flexibility index (Phi) is 7.23. The van der Waals surface area contributed by atoms with E-state index in [1.54, 1.807) is 63.8 Å². The van der Waals surface area contributed by atoms with Crippen molar-refractivity contribution in [3.05, 3.63) is 64.8 Å². The molecule has 1 saturated heterocycles. The Morgan fingerprint density at radius 3 is 2.63 bits per heavy atom. The summed E-state index contributed by atoms with van der Waals surface area (Å²) in [5, 5.41) is 10.2. The van der Waals surface area contributed by atoms with E-state index in [9.17, 15) is 10.1 Å². The molecule has 0 spiro atoms. The van der Waals surface area contributed by atoms with Crippen molar-refractivity contribution in [2.24, 2.45) is 0 Å². The Labute approximate surface area is 225 Å². The van der Waals surface area contributed by atoms with Crippen LogP contribution in [-0.4, -0.2) is 56.3 Å². The molecule has 1 aliphatic heterocycles. The fourth-order valence-corrected chi connectivity index (χ4v) is 4.74. The van der Waals surface area contributed by atoms with Crippen molar-refractivity contribution in [1.82, 2.24) is 9.88 Å². The number of halogens is 1. The molecule has 0 bridgehead atoms. The molecule has 0 unspecified atom stereocenters. The number of pyridine rings is 1. The van der Waals surface area contributed by atoms with Gasteiger partial charge in [-0.25, -0.2) is 0 Å². The van der Waals surface area contributed by atoms with Crippen LogP contribution in [0.15, 0.2) is 53.1 Å². The molecule has 0 N–H and O–H groups in total. The van der Waals surface area contributed by atoms with Crippen LogP contribution < -0.4 is 9.47 Å². The number of methoxy groups -OCH3 is 1. The fourth-order valence-electron chi connectivity index (χ4n) is 4.49. The average molecular weight is 532 g/mol. The van der Waals surface area contributed by atoms with Crippen molar-refractivity contribution in [2.75, 3.05) is 34.4 Å². The van der Waals surface area contributed by atoms with Crippen LogP contribution in [0.2, 0.25) is 5.02 Å². The number of hydrogen-bond donors (Lipinski definition) is 0. The van der Waals surface area contributed by atoms with Crippen molar-refractivity contribution >= 4 is 28.6 Å². The van der Waals surface area contributed by atoms with Gasteiger partial charge in [-0.1, -0.05) is 17.7 Å². The number of ether oxygens (including phenoxy) is 3. The summed E-state index contributed by atoms with van der Waals surface area (Å²) in [4.78, 5) is 18.4. The number of rotatable bonds is 6. The molecular weight excluding hydrogens is 506 g/mol. The molecule has 0 atom stereocenters. The van der Waals surface area contributed by atoms with Gasteiger partial charge >= 0.3 is 0 Å². The minimum atomic E-state index is -0.132. The Hall–Kier alpha value is -4.06. The van der Waals surface area contributed by atoms with E-state index in [0.29, 0.717) is 74.4 Å². The van der Waals surface area contributed by atoms with Gasteiger partial charge in [-0.05, 0) is 35.9 Å². The zero-order chi connectivity index (χ0) is 26.8. The topological polar surface area (TPSA) is 97.8 Å². The highest BCUT2D eigenvalue weighted by molar-refractivity contribution is 6.34. The van der Waals surface area contributed by atoms with Gasteiger partial charge in [0.25, 0.3) is 5.91 Å². The number of carbonyl (C=O) groups excluding carboxylic acids is 1. The molecule has 3 heterocycles. The van der Waals surface area contributed by atoms with Gasteiger partial charge in [-0.2, -0.15) is 5.26 Å². The minimum Gasteiger partial charge on any atom is -0.496 e. The first-order chi connectivity index (χ1) is 18.4. The number of amides is 1. The Morgan fingerprint density at radius 1 is 1.13 bits per heavy atom. The largest absolute Gasteiger partial charge is 0.496 e. The van der Waals surface area contributed by atoms with E-state index in [2.05, 4.69) is 11.1 Å². The van der Waals surface area contributed by atoms with Crippen molar-refractivity contribution in [2.45, 2.75) is 18.9 Å². The molecule has 2 aromatic carbocycles. The lowest BCUT2D eigenvalue weighted by molar-refractivity contribution is 0.0254. The molecule has 1 amide bonds. The molecule has 5 rings (SSSR count). The fraction of sp³-hybridized carbons (Fsp3) is 0.276. The maximum absolute atomic E-state index is 12.4. The van der Waals surface area contributed by atoms with Crippen LogP contribution in [0.5, 0.6) is 11.5 Å². The Balaban J connectivity index is 1.55. The summed E-state index contributed by atoms with van der Waals surface area (Å²) in [6, 6.07) is 14.6. The van der Waals surface area contributed by atoms with E-state index < -0.39 is 0 Å². The molecule has 0 saturated carbocycles. The van der Waals surface area contributed by atoms with E-state index in [0.717, 1.165) is 12.8 Å². The van der Waals surface area contributed by atoms with Crippen LogP contribution in [0.3, 0.4) is 0 Å². The SMILES string of the molecule is COc1cc(C(=O)N(C)C)ccc1-c1cc2ncc(Cl)c(-c3ccc(OC4CCOCC4)c(C#N)c3)c2o1. The highest BCUT2D eigenvalue weighted by Crippen LogP contribution is 2.41. The summed E-state index contributed by atoms with van der Waals surface area (Å²) < 4.78 is 23.4. The van der Waals surface area contributed by atoms with Crippen molar-refractivity contribution in [1.29, 1.82) is 5.26 Å². The predicted molar refractivity (Wildman–Crippen MR) is 144 cm³/mol. The van der Waals surface area contributed by atoms with Crippen molar-refractivity contribution < 1.29 is 23.4 Å². The van der Waals surface area contributed by atoms with Gasteiger partial charge in [-0.3, -0.25) is 9.78 Å². The third kappa shape index (κ3) is 4.91. The van der Waals surface area contributed by atoms with E-state index in [-0.39, 0.29) is 12.0 Å². The number of benzene rings is 2. The number of furan rings is 1. The summed E-state index contributed by atoms with van der Waals surface area (Å²) in [7, 11) is 4.93. The van der Waals surface area contributed by atoms with Gasteiger partial charge in [0.15, 0.2) is 5.58 Å². The molecule has 0 aliphatic carbocycles. The number of carbonyl (C=O) groups is 1. The lowest BCUT2D eigenvalue weighted by Gasteiger charge is -2.24. The summed E-state index contributed by atoms with van der Waals surface area (Å²) in [6.45, 7) is 1.30. The molecule has 9 heteroatoms. The van der Waals surface area contributed by atoms with E-state index in [4.69, 9.17) is 30.2 Å². The molecule has 4 aromatic rings.